The molecular formula is C24H27F4N3O3. The van der Waals surface area contributed by atoms with Crippen LogP contribution in [0.4, 0.5) is 22.4 Å². The highest BCUT2D eigenvalue weighted by atomic mass is 19.4. The molecule has 34 heavy (non-hydrogen) atoms. The van der Waals surface area contributed by atoms with E-state index in [1.807, 2.05) is 12.1 Å². The van der Waals surface area contributed by atoms with Crippen molar-refractivity contribution in [1.29, 1.82) is 0 Å². The molecule has 1 aliphatic heterocycles. The van der Waals surface area contributed by atoms with Crippen LogP contribution in [-0.4, -0.2) is 29.3 Å². The fourth-order valence-corrected chi connectivity index (χ4v) is 4.18. The van der Waals surface area contributed by atoms with Gasteiger partial charge in [0.2, 0.25) is 0 Å². The smallest absolute Gasteiger partial charge is 0.475 e. The molecule has 0 aromatic heterocycles. The van der Waals surface area contributed by atoms with Crippen LogP contribution in [0.1, 0.15) is 53.9 Å². The minimum Gasteiger partial charge on any atom is -0.475 e. The molecule has 2 aromatic rings. The van der Waals surface area contributed by atoms with Crippen LogP contribution in [0.3, 0.4) is 0 Å². The highest BCUT2D eigenvalue weighted by Gasteiger charge is 2.38. The van der Waals surface area contributed by atoms with Crippen LogP contribution < -0.4 is 16.0 Å². The number of fused-ring (bicyclic) bond motifs is 1. The van der Waals surface area contributed by atoms with Gasteiger partial charge in [-0.15, -0.1) is 0 Å². The van der Waals surface area contributed by atoms with Gasteiger partial charge in [0.25, 0.3) is 0 Å². The molecule has 2 aliphatic rings. The molecule has 2 aromatic carbocycles. The van der Waals surface area contributed by atoms with E-state index in [0.29, 0.717) is 12.5 Å². The van der Waals surface area contributed by atoms with Crippen LogP contribution in [0.5, 0.6) is 0 Å². The van der Waals surface area contributed by atoms with E-state index in [4.69, 9.17) is 9.90 Å². The van der Waals surface area contributed by atoms with Crippen molar-refractivity contribution in [3.8, 4) is 0 Å². The summed E-state index contributed by atoms with van der Waals surface area (Å²) in [4.78, 5) is 21.1. The number of urea groups is 1. The number of halogens is 4. The lowest BCUT2D eigenvalue weighted by Crippen LogP contribution is -2.43. The zero-order chi connectivity index (χ0) is 24.7. The second-order valence-electron chi connectivity index (χ2n) is 8.44. The van der Waals surface area contributed by atoms with E-state index in [2.05, 4.69) is 34.1 Å². The molecule has 1 fully saturated rings. The summed E-state index contributed by atoms with van der Waals surface area (Å²) >= 11 is 0. The molecule has 184 valence electrons. The van der Waals surface area contributed by atoms with Crippen LogP contribution in [-0.2, 0) is 24.4 Å². The van der Waals surface area contributed by atoms with Crippen molar-refractivity contribution in [2.24, 2.45) is 0 Å². The van der Waals surface area contributed by atoms with E-state index in [1.165, 1.54) is 28.8 Å². The van der Waals surface area contributed by atoms with Gasteiger partial charge < -0.3 is 21.1 Å². The molecular weight excluding hydrogens is 454 g/mol. The summed E-state index contributed by atoms with van der Waals surface area (Å²) in [5, 5.41) is 16.5. The predicted octanol–water partition coefficient (Wildman–Crippen LogP) is 4.59. The number of hydrogen-bond donors (Lipinski definition) is 4. The third kappa shape index (κ3) is 7.44. The van der Waals surface area contributed by atoms with Crippen molar-refractivity contribution in [3.05, 3.63) is 70.5 Å². The quantitative estimate of drug-likeness (QED) is 0.481. The van der Waals surface area contributed by atoms with Crippen molar-refractivity contribution < 1.29 is 32.3 Å². The molecule has 2 amide bonds. The van der Waals surface area contributed by atoms with Crippen molar-refractivity contribution >= 4 is 12.0 Å². The Bertz CT molecular complexity index is 988. The number of nitrogens with one attached hydrogen (secondary N) is 3. The Labute approximate surface area is 194 Å². The summed E-state index contributed by atoms with van der Waals surface area (Å²) in [6, 6.07) is 13.3. The lowest BCUT2D eigenvalue weighted by Gasteiger charge is -2.29. The molecule has 0 atom stereocenters. The molecule has 1 heterocycles. The zero-order valence-corrected chi connectivity index (χ0v) is 18.4. The molecule has 0 saturated heterocycles. The number of rotatable bonds is 4. The molecule has 0 spiro atoms. The number of aliphatic carboxylic acids is 1. The van der Waals surface area contributed by atoms with Crippen LogP contribution in [0.2, 0.25) is 0 Å². The zero-order valence-electron chi connectivity index (χ0n) is 18.4. The van der Waals surface area contributed by atoms with E-state index >= 15 is 0 Å². The van der Waals surface area contributed by atoms with E-state index in [1.54, 1.807) is 0 Å². The number of hydrogen-bond acceptors (Lipinski definition) is 3. The van der Waals surface area contributed by atoms with Crippen LogP contribution >= 0.6 is 0 Å². The van der Waals surface area contributed by atoms with Crippen LogP contribution in [0, 0.1) is 5.82 Å². The first kappa shape index (κ1) is 25.5. The van der Waals surface area contributed by atoms with E-state index in [9.17, 15) is 22.4 Å². The van der Waals surface area contributed by atoms with Gasteiger partial charge in [-0.3, -0.25) is 0 Å². The van der Waals surface area contributed by atoms with Crippen molar-refractivity contribution in [2.45, 2.75) is 63.5 Å². The second-order valence-corrected chi connectivity index (χ2v) is 8.44. The largest absolute Gasteiger partial charge is 0.490 e. The highest BCUT2D eigenvalue weighted by molar-refractivity contribution is 5.74. The molecule has 0 unspecified atom stereocenters. The fraction of sp³-hybridized carbons (Fsp3) is 0.417. The summed E-state index contributed by atoms with van der Waals surface area (Å²) in [7, 11) is 0. The third-order valence-electron chi connectivity index (χ3n) is 6.00. The SMILES string of the molecule is O=C(NCc1ccc2c(c1)CNC2)NC1CCC(c2ccc(F)cc2)CC1.O=C(O)C(F)(F)F. The molecule has 10 heteroatoms. The lowest BCUT2D eigenvalue weighted by molar-refractivity contribution is -0.192. The highest BCUT2D eigenvalue weighted by Crippen LogP contribution is 2.32. The first-order valence-corrected chi connectivity index (χ1v) is 11.0. The summed E-state index contributed by atoms with van der Waals surface area (Å²) in [6.07, 6.45) is -1.12. The van der Waals surface area contributed by atoms with E-state index in [0.717, 1.165) is 44.3 Å². The normalized spacial score (nSPS) is 19.4. The first-order valence-electron chi connectivity index (χ1n) is 11.0. The Kier molecular flexibility index (Phi) is 8.49. The lowest BCUT2D eigenvalue weighted by atomic mass is 9.82. The Hall–Kier alpha value is -3.14. The predicted molar refractivity (Wildman–Crippen MR) is 117 cm³/mol. The number of amides is 2. The molecule has 4 rings (SSSR count). The van der Waals surface area contributed by atoms with Gasteiger partial charge in [0.05, 0.1) is 0 Å². The van der Waals surface area contributed by atoms with E-state index in [-0.39, 0.29) is 17.9 Å². The van der Waals surface area contributed by atoms with Gasteiger partial charge in [0.15, 0.2) is 0 Å². The Morgan fingerprint density at radius 2 is 1.59 bits per heavy atom. The third-order valence-corrected chi connectivity index (χ3v) is 6.00. The monoisotopic (exact) mass is 481 g/mol. The van der Waals surface area contributed by atoms with E-state index < -0.39 is 12.1 Å². The maximum atomic E-state index is 13.1. The number of alkyl halides is 3. The minimum atomic E-state index is -5.08. The fourth-order valence-electron chi connectivity index (χ4n) is 4.18. The number of carboxylic acids is 1. The van der Waals surface area contributed by atoms with Crippen LogP contribution in [0.15, 0.2) is 42.5 Å². The van der Waals surface area contributed by atoms with Crippen molar-refractivity contribution in [3.63, 3.8) is 0 Å². The molecule has 1 aliphatic carbocycles. The topological polar surface area (TPSA) is 90.5 Å². The number of benzene rings is 2. The van der Waals surface area contributed by atoms with Gasteiger partial charge in [-0.1, -0.05) is 30.3 Å². The summed E-state index contributed by atoms with van der Waals surface area (Å²) in [5.74, 6) is -2.48. The average Bonchev–Trinajstić information content (AvgIpc) is 3.27. The van der Waals surface area contributed by atoms with Crippen molar-refractivity contribution in [2.75, 3.05) is 0 Å². The average molecular weight is 481 g/mol. The van der Waals surface area contributed by atoms with Crippen LogP contribution in [0.25, 0.3) is 0 Å². The molecule has 4 N–H and O–H groups in total. The summed E-state index contributed by atoms with van der Waals surface area (Å²) in [6.45, 7) is 2.39. The maximum Gasteiger partial charge on any atom is 0.490 e. The molecule has 1 saturated carbocycles. The minimum absolute atomic E-state index is 0.0983. The summed E-state index contributed by atoms with van der Waals surface area (Å²) < 4.78 is 44.8. The van der Waals surface area contributed by atoms with Gasteiger partial charge in [0.1, 0.15) is 5.82 Å². The Morgan fingerprint density at radius 1 is 0.971 bits per heavy atom. The number of carbonyl (C=O) groups is 2. The number of carbonyl (C=O) groups excluding carboxylic acids is 1. The first-order chi connectivity index (χ1) is 16.1. The van der Waals surface area contributed by atoms with Gasteiger partial charge >= 0.3 is 18.2 Å². The standard InChI is InChI=1S/C22H26FN3O.C2HF3O2/c23-20-7-3-16(4-8-20)17-5-9-21(10-6-17)26-22(27)25-12-15-1-2-18-13-24-14-19(18)11-15;3-2(4,5)1(6)7/h1-4,7-8,11,17,21,24H,5-6,9-10,12-14H2,(H2,25,26,27);(H,6,7). The Morgan fingerprint density at radius 3 is 2.21 bits per heavy atom. The molecule has 0 radical (unpaired) electrons. The van der Waals surface area contributed by atoms with Gasteiger partial charge in [-0.25, -0.2) is 14.0 Å². The summed E-state index contributed by atoms with van der Waals surface area (Å²) in [5.41, 5.74) is 5.01. The number of carboxylic acid groups (broad SMARTS) is 1. The Balaban J connectivity index is 0.000000406. The maximum absolute atomic E-state index is 13.1. The van der Waals surface area contributed by atoms with Crippen molar-refractivity contribution in [1.82, 2.24) is 16.0 Å². The van der Waals surface area contributed by atoms with Gasteiger partial charge in [0, 0.05) is 25.7 Å². The second kappa shape index (κ2) is 11.3. The van der Waals surface area contributed by atoms with Gasteiger partial charge in [-0.05, 0) is 66.0 Å². The molecule has 0 bridgehead atoms. The molecule has 6 nitrogen and oxygen atoms in total. The van der Waals surface area contributed by atoms with Gasteiger partial charge in [-0.2, -0.15) is 13.2 Å².